The summed E-state index contributed by atoms with van der Waals surface area (Å²) in [6.07, 6.45) is 6.34. The highest BCUT2D eigenvalue weighted by molar-refractivity contribution is 7.18. The molecule has 1 aliphatic carbocycles. The fraction of sp³-hybridized carbons (Fsp3) is 0.458. The monoisotopic (exact) mass is 436 g/mol. The largest absolute Gasteiger partial charge is 0.340 e. The normalized spacial score (nSPS) is 17.1. The molecule has 0 bridgehead atoms. The molecule has 1 aromatic carbocycles. The summed E-state index contributed by atoms with van der Waals surface area (Å²) >= 11 is 1.67. The molecule has 31 heavy (non-hydrogen) atoms. The maximum atomic E-state index is 13.1. The standard InChI is InChI=1S/C24H28N4O2S/c29-21(27-14-12-26(13-15-27)16-18-6-2-1-3-7-18)10-11-28-17-25-23-22(24(28)30)19-8-4-5-9-20(19)31-23/h1-3,6-7,17H,4-5,8-16H2. The highest BCUT2D eigenvalue weighted by atomic mass is 32.1. The Morgan fingerprint density at radius 1 is 1.03 bits per heavy atom. The van der Waals surface area contributed by atoms with Crippen LogP contribution in [0.1, 0.15) is 35.3 Å². The molecule has 0 atom stereocenters. The Balaban J connectivity index is 1.19. The van der Waals surface area contributed by atoms with Crippen LogP contribution in [0, 0.1) is 0 Å². The van der Waals surface area contributed by atoms with Crippen LogP contribution in [-0.2, 0) is 30.7 Å². The Bertz CT molecular complexity index is 1130. The average molecular weight is 437 g/mol. The topological polar surface area (TPSA) is 58.4 Å². The second-order valence-electron chi connectivity index (χ2n) is 8.53. The highest BCUT2D eigenvalue weighted by Gasteiger charge is 2.22. The third-order valence-corrected chi connectivity index (χ3v) is 7.68. The molecule has 2 aliphatic rings. The van der Waals surface area contributed by atoms with Gasteiger partial charge in [0.2, 0.25) is 5.91 Å². The number of carbonyl (C=O) groups excluding carboxylic acids is 1. The Labute approximate surface area is 186 Å². The fourth-order valence-corrected chi connectivity index (χ4v) is 5.93. The van der Waals surface area contributed by atoms with Gasteiger partial charge >= 0.3 is 0 Å². The zero-order chi connectivity index (χ0) is 21.2. The average Bonchev–Trinajstić information content (AvgIpc) is 3.19. The van der Waals surface area contributed by atoms with Crippen LogP contribution in [0.5, 0.6) is 0 Å². The summed E-state index contributed by atoms with van der Waals surface area (Å²) < 4.78 is 1.63. The van der Waals surface area contributed by atoms with Crippen molar-refractivity contribution in [2.24, 2.45) is 0 Å². The van der Waals surface area contributed by atoms with Gasteiger partial charge in [-0.05, 0) is 36.8 Å². The van der Waals surface area contributed by atoms with Gasteiger partial charge in [-0.2, -0.15) is 0 Å². The van der Waals surface area contributed by atoms with Crippen LogP contribution in [0.3, 0.4) is 0 Å². The van der Waals surface area contributed by atoms with Crippen molar-refractivity contribution in [3.05, 3.63) is 63.0 Å². The maximum Gasteiger partial charge on any atom is 0.262 e. The van der Waals surface area contributed by atoms with Crippen molar-refractivity contribution in [2.45, 2.75) is 45.2 Å². The van der Waals surface area contributed by atoms with Gasteiger partial charge in [0.05, 0.1) is 11.7 Å². The highest BCUT2D eigenvalue weighted by Crippen LogP contribution is 2.33. The first kappa shape index (κ1) is 20.4. The molecular formula is C24H28N4O2S. The second kappa shape index (κ2) is 8.93. The predicted octanol–water partition coefficient (Wildman–Crippen LogP) is 3.07. The van der Waals surface area contributed by atoms with Crippen LogP contribution < -0.4 is 5.56 Å². The number of aromatic nitrogens is 2. The first-order valence-corrected chi connectivity index (χ1v) is 12.0. The summed E-state index contributed by atoms with van der Waals surface area (Å²) in [5, 5.41) is 0.796. The molecule has 2 aromatic heterocycles. The first-order valence-electron chi connectivity index (χ1n) is 11.2. The fourth-order valence-electron chi connectivity index (χ4n) is 4.71. The number of hydrogen-bond acceptors (Lipinski definition) is 5. The molecule has 0 N–H and O–H groups in total. The van der Waals surface area contributed by atoms with Crippen molar-refractivity contribution in [2.75, 3.05) is 26.2 Å². The van der Waals surface area contributed by atoms with Gasteiger partial charge in [0.25, 0.3) is 5.56 Å². The Kier molecular flexibility index (Phi) is 5.87. The lowest BCUT2D eigenvalue weighted by Crippen LogP contribution is -2.48. The van der Waals surface area contributed by atoms with E-state index in [4.69, 9.17) is 0 Å². The van der Waals surface area contributed by atoms with Crippen molar-refractivity contribution in [1.82, 2.24) is 19.4 Å². The van der Waals surface area contributed by atoms with Crippen molar-refractivity contribution in [3.63, 3.8) is 0 Å². The molecule has 0 radical (unpaired) electrons. The number of nitrogens with zero attached hydrogens (tertiary/aromatic N) is 4. The van der Waals surface area contributed by atoms with Crippen molar-refractivity contribution >= 4 is 27.5 Å². The van der Waals surface area contributed by atoms with Gasteiger partial charge in [0, 0.05) is 50.6 Å². The van der Waals surface area contributed by atoms with Crippen LogP contribution in [0.15, 0.2) is 41.5 Å². The SMILES string of the molecule is O=C(CCn1cnc2sc3c(c2c1=O)CCCC3)N1CCN(Cc2ccccc2)CC1. The summed E-state index contributed by atoms with van der Waals surface area (Å²) in [6.45, 7) is 4.58. The van der Waals surface area contributed by atoms with Gasteiger partial charge in [-0.3, -0.25) is 19.1 Å². The Morgan fingerprint density at radius 2 is 1.81 bits per heavy atom. The number of rotatable bonds is 5. The van der Waals surface area contributed by atoms with Crippen molar-refractivity contribution in [1.29, 1.82) is 0 Å². The number of benzene rings is 1. The molecule has 3 heterocycles. The lowest BCUT2D eigenvalue weighted by Gasteiger charge is -2.34. The molecular weight excluding hydrogens is 408 g/mol. The lowest BCUT2D eigenvalue weighted by molar-refractivity contribution is -0.133. The minimum Gasteiger partial charge on any atom is -0.340 e. The van der Waals surface area contributed by atoms with E-state index in [9.17, 15) is 9.59 Å². The molecule has 1 aliphatic heterocycles. The molecule has 1 fully saturated rings. The van der Waals surface area contributed by atoms with Gasteiger partial charge < -0.3 is 4.90 Å². The third kappa shape index (κ3) is 4.29. The summed E-state index contributed by atoms with van der Waals surface area (Å²) in [6, 6.07) is 10.5. The van der Waals surface area contributed by atoms with Gasteiger partial charge in [-0.25, -0.2) is 4.98 Å². The maximum absolute atomic E-state index is 13.1. The Hall–Kier alpha value is -2.51. The van der Waals surface area contributed by atoms with Gasteiger partial charge in [-0.1, -0.05) is 30.3 Å². The van der Waals surface area contributed by atoms with Crippen molar-refractivity contribution in [3.8, 4) is 0 Å². The minimum atomic E-state index is 0.0184. The molecule has 7 heteroatoms. The molecule has 0 spiro atoms. The molecule has 162 valence electrons. The van der Waals surface area contributed by atoms with E-state index in [1.165, 1.54) is 22.4 Å². The van der Waals surface area contributed by atoms with Crippen LogP contribution in [0.2, 0.25) is 0 Å². The summed E-state index contributed by atoms with van der Waals surface area (Å²) in [5.74, 6) is 0.124. The van der Waals surface area contributed by atoms with E-state index in [2.05, 4.69) is 34.1 Å². The quantitative estimate of drug-likeness (QED) is 0.617. The zero-order valence-corrected chi connectivity index (χ0v) is 18.6. The van der Waals surface area contributed by atoms with Crippen LogP contribution >= 0.6 is 11.3 Å². The molecule has 0 saturated carbocycles. The van der Waals surface area contributed by atoms with E-state index < -0.39 is 0 Å². The molecule has 5 rings (SSSR count). The third-order valence-electron chi connectivity index (χ3n) is 6.48. The van der Waals surface area contributed by atoms with Crippen molar-refractivity contribution < 1.29 is 4.79 Å². The number of carbonyl (C=O) groups is 1. The number of amides is 1. The van der Waals surface area contributed by atoms with E-state index in [-0.39, 0.29) is 11.5 Å². The van der Waals surface area contributed by atoms with Gasteiger partial charge in [0.15, 0.2) is 0 Å². The predicted molar refractivity (Wildman–Crippen MR) is 123 cm³/mol. The first-order chi connectivity index (χ1) is 15.2. The van der Waals surface area contributed by atoms with Crippen LogP contribution in [0.4, 0.5) is 0 Å². The van der Waals surface area contributed by atoms with Gasteiger partial charge in [0.1, 0.15) is 4.83 Å². The summed E-state index contributed by atoms with van der Waals surface area (Å²) in [7, 11) is 0. The van der Waals surface area contributed by atoms with E-state index in [1.807, 2.05) is 11.0 Å². The van der Waals surface area contributed by atoms with E-state index in [1.54, 1.807) is 22.2 Å². The van der Waals surface area contributed by atoms with Crippen LogP contribution in [0.25, 0.3) is 10.2 Å². The summed E-state index contributed by atoms with van der Waals surface area (Å²) in [4.78, 5) is 36.9. The van der Waals surface area contributed by atoms with E-state index in [0.29, 0.717) is 13.0 Å². The summed E-state index contributed by atoms with van der Waals surface area (Å²) in [5.41, 5.74) is 2.53. The number of fused-ring (bicyclic) bond motifs is 3. The number of piperazine rings is 1. The molecule has 1 amide bonds. The van der Waals surface area contributed by atoms with Crippen LogP contribution in [-0.4, -0.2) is 51.4 Å². The molecule has 0 unspecified atom stereocenters. The smallest absolute Gasteiger partial charge is 0.262 e. The minimum absolute atomic E-state index is 0.0184. The molecule has 6 nitrogen and oxygen atoms in total. The van der Waals surface area contributed by atoms with E-state index in [0.717, 1.165) is 62.2 Å². The molecule has 3 aromatic rings. The van der Waals surface area contributed by atoms with E-state index >= 15 is 0 Å². The molecule has 1 saturated heterocycles. The number of hydrogen-bond donors (Lipinski definition) is 0. The zero-order valence-electron chi connectivity index (χ0n) is 17.8. The Morgan fingerprint density at radius 3 is 2.61 bits per heavy atom. The number of thiophene rings is 1. The lowest BCUT2D eigenvalue weighted by atomic mass is 9.97. The second-order valence-corrected chi connectivity index (χ2v) is 9.61. The van der Waals surface area contributed by atoms with Gasteiger partial charge in [-0.15, -0.1) is 11.3 Å². The number of aryl methyl sites for hydroxylation is 3.